The van der Waals surface area contributed by atoms with Crippen LogP contribution in [0.2, 0.25) is 0 Å². The van der Waals surface area contributed by atoms with Crippen LogP contribution >= 0.6 is 0 Å². The Labute approximate surface area is 124 Å². The quantitative estimate of drug-likeness (QED) is 0.826. The lowest BCUT2D eigenvalue weighted by Crippen LogP contribution is -2.33. The van der Waals surface area contributed by atoms with Crippen LogP contribution in [0.1, 0.15) is 35.7 Å². The highest BCUT2D eigenvalue weighted by atomic mass is 32.2. The Morgan fingerprint density at radius 3 is 2.48 bits per heavy atom. The average molecular weight is 313 g/mol. The summed E-state index contributed by atoms with van der Waals surface area (Å²) < 4.78 is 23.3. The van der Waals surface area contributed by atoms with Gasteiger partial charge in [-0.3, -0.25) is 9.59 Å². The van der Waals surface area contributed by atoms with Crippen LogP contribution < -0.4 is 5.32 Å². The first-order valence-electron chi connectivity index (χ1n) is 6.44. The number of benzene rings is 1. The molecule has 21 heavy (non-hydrogen) atoms. The zero-order valence-electron chi connectivity index (χ0n) is 12.2. The summed E-state index contributed by atoms with van der Waals surface area (Å²) in [4.78, 5) is 22.6. The molecule has 0 aliphatic carbocycles. The van der Waals surface area contributed by atoms with Gasteiger partial charge in [-0.1, -0.05) is 6.07 Å². The number of carboxylic acids is 1. The molecule has 1 atom stereocenters. The lowest BCUT2D eigenvalue weighted by molar-refractivity contribution is -0.137. The number of rotatable bonds is 6. The summed E-state index contributed by atoms with van der Waals surface area (Å²) in [7, 11) is -3.40. The maximum absolute atomic E-state index is 12.0. The van der Waals surface area contributed by atoms with Crippen molar-refractivity contribution in [2.45, 2.75) is 37.6 Å². The molecular formula is C14H19NO5S. The molecule has 0 heterocycles. The van der Waals surface area contributed by atoms with Gasteiger partial charge in [-0.05, 0) is 38.0 Å². The van der Waals surface area contributed by atoms with E-state index < -0.39 is 21.7 Å². The zero-order chi connectivity index (χ0) is 16.2. The van der Waals surface area contributed by atoms with E-state index in [0.717, 1.165) is 6.26 Å². The van der Waals surface area contributed by atoms with Crippen molar-refractivity contribution in [3.05, 3.63) is 29.3 Å². The highest BCUT2D eigenvalue weighted by molar-refractivity contribution is 7.90. The fourth-order valence-electron chi connectivity index (χ4n) is 1.86. The number of amides is 1. The van der Waals surface area contributed by atoms with Crippen LogP contribution in [0.3, 0.4) is 0 Å². The summed E-state index contributed by atoms with van der Waals surface area (Å²) in [5.74, 6) is -1.34. The number of carboxylic acid groups (broad SMARTS) is 1. The number of aliphatic carboxylic acids is 1. The number of nitrogens with one attached hydrogen (secondary N) is 1. The molecule has 0 saturated heterocycles. The van der Waals surface area contributed by atoms with Crippen LogP contribution in [-0.2, 0) is 14.6 Å². The molecule has 1 unspecified atom stereocenters. The van der Waals surface area contributed by atoms with E-state index in [1.54, 1.807) is 26.0 Å². The second-order valence-corrected chi connectivity index (χ2v) is 7.04. The lowest BCUT2D eigenvalue weighted by atomic mass is 10.1. The summed E-state index contributed by atoms with van der Waals surface area (Å²) in [5.41, 5.74) is 0.816. The molecule has 0 saturated carbocycles. The topological polar surface area (TPSA) is 101 Å². The maximum Gasteiger partial charge on any atom is 0.303 e. The smallest absolute Gasteiger partial charge is 0.303 e. The summed E-state index contributed by atoms with van der Waals surface area (Å²) >= 11 is 0. The SMILES string of the molecule is Cc1ccc(C(=O)NC(C)CCC(=O)O)cc1S(C)(=O)=O. The van der Waals surface area contributed by atoms with Gasteiger partial charge in [0.05, 0.1) is 4.90 Å². The second-order valence-electron chi connectivity index (χ2n) is 5.06. The molecule has 0 spiro atoms. The first-order valence-corrected chi connectivity index (χ1v) is 8.33. The van der Waals surface area contributed by atoms with Crippen LogP contribution in [0, 0.1) is 6.92 Å². The molecule has 0 fully saturated rings. The third-order valence-electron chi connectivity index (χ3n) is 3.02. The van der Waals surface area contributed by atoms with Crippen molar-refractivity contribution in [2.75, 3.05) is 6.26 Å². The van der Waals surface area contributed by atoms with E-state index in [2.05, 4.69) is 5.32 Å². The maximum atomic E-state index is 12.0. The predicted octanol–water partition coefficient (Wildman–Crippen LogP) is 1.38. The Morgan fingerprint density at radius 2 is 1.95 bits per heavy atom. The molecule has 1 rings (SSSR count). The Morgan fingerprint density at radius 1 is 1.33 bits per heavy atom. The number of hydrogen-bond acceptors (Lipinski definition) is 4. The summed E-state index contributed by atoms with van der Waals surface area (Å²) in [6.07, 6.45) is 1.36. The molecule has 0 aliphatic heterocycles. The van der Waals surface area contributed by atoms with Gasteiger partial charge in [0, 0.05) is 24.3 Å². The normalized spacial score (nSPS) is 12.7. The molecule has 1 aromatic rings. The monoisotopic (exact) mass is 313 g/mol. The van der Waals surface area contributed by atoms with E-state index in [9.17, 15) is 18.0 Å². The minimum atomic E-state index is -3.40. The highest BCUT2D eigenvalue weighted by Gasteiger charge is 2.16. The Hall–Kier alpha value is -1.89. The number of hydrogen-bond donors (Lipinski definition) is 2. The van der Waals surface area contributed by atoms with Crippen LogP contribution in [0.25, 0.3) is 0 Å². The van der Waals surface area contributed by atoms with E-state index in [1.165, 1.54) is 6.07 Å². The molecular weight excluding hydrogens is 294 g/mol. The zero-order valence-corrected chi connectivity index (χ0v) is 13.0. The number of aryl methyl sites for hydroxylation is 1. The standard InChI is InChI=1S/C14H19NO5S/c1-9-4-6-11(8-12(9)21(3,19)20)14(18)15-10(2)5-7-13(16)17/h4,6,8,10H,5,7H2,1-3H3,(H,15,18)(H,16,17). The number of sulfone groups is 1. The molecule has 0 bridgehead atoms. The van der Waals surface area contributed by atoms with Gasteiger partial charge in [-0.2, -0.15) is 0 Å². The van der Waals surface area contributed by atoms with Gasteiger partial charge < -0.3 is 10.4 Å². The molecule has 0 radical (unpaired) electrons. The first-order chi connectivity index (χ1) is 9.61. The van der Waals surface area contributed by atoms with Crippen molar-refractivity contribution < 1.29 is 23.1 Å². The summed E-state index contributed by atoms with van der Waals surface area (Å²) in [6, 6.07) is 4.15. The third kappa shape index (κ3) is 5.18. The molecule has 0 aromatic heterocycles. The molecule has 7 heteroatoms. The molecule has 1 amide bonds. The predicted molar refractivity (Wildman–Crippen MR) is 78.1 cm³/mol. The van der Waals surface area contributed by atoms with Gasteiger partial charge >= 0.3 is 5.97 Å². The minimum Gasteiger partial charge on any atom is -0.481 e. The first kappa shape index (κ1) is 17.2. The van der Waals surface area contributed by atoms with E-state index >= 15 is 0 Å². The van der Waals surface area contributed by atoms with Crippen LogP contribution in [-0.4, -0.2) is 37.7 Å². The average Bonchev–Trinajstić information content (AvgIpc) is 2.35. The van der Waals surface area contributed by atoms with Crippen LogP contribution in [0.5, 0.6) is 0 Å². The van der Waals surface area contributed by atoms with Crippen LogP contribution in [0.4, 0.5) is 0 Å². The lowest BCUT2D eigenvalue weighted by Gasteiger charge is -2.13. The summed E-state index contributed by atoms with van der Waals surface area (Å²) in [6.45, 7) is 3.36. The van der Waals surface area contributed by atoms with Gasteiger partial charge in [-0.25, -0.2) is 8.42 Å². The van der Waals surface area contributed by atoms with Gasteiger partial charge in [0.1, 0.15) is 0 Å². The fraction of sp³-hybridized carbons (Fsp3) is 0.429. The molecule has 0 aliphatic rings. The van der Waals surface area contributed by atoms with Crippen LogP contribution in [0.15, 0.2) is 23.1 Å². The van der Waals surface area contributed by atoms with Gasteiger partial charge in [0.25, 0.3) is 5.91 Å². The van der Waals surface area contributed by atoms with E-state index in [1.807, 2.05) is 0 Å². The Bertz CT molecular complexity index is 651. The highest BCUT2D eigenvalue weighted by Crippen LogP contribution is 2.17. The Balaban J connectivity index is 2.87. The third-order valence-corrected chi connectivity index (χ3v) is 4.26. The molecule has 2 N–H and O–H groups in total. The molecule has 6 nitrogen and oxygen atoms in total. The van der Waals surface area contributed by atoms with Crippen molar-refractivity contribution >= 4 is 21.7 Å². The van der Waals surface area contributed by atoms with Crippen molar-refractivity contribution in [2.24, 2.45) is 0 Å². The minimum absolute atomic E-state index is 0.0378. The van der Waals surface area contributed by atoms with Gasteiger partial charge in [-0.15, -0.1) is 0 Å². The second kappa shape index (κ2) is 6.71. The van der Waals surface area contributed by atoms with Crippen molar-refractivity contribution in [3.63, 3.8) is 0 Å². The van der Waals surface area contributed by atoms with Crippen molar-refractivity contribution in [1.29, 1.82) is 0 Å². The van der Waals surface area contributed by atoms with E-state index in [-0.39, 0.29) is 22.9 Å². The van der Waals surface area contributed by atoms with Gasteiger partial charge in [0.2, 0.25) is 0 Å². The van der Waals surface area contributed by atoms with Gasteiger partial charge in [0.15, 0.2) is 9.84 Å². The summed E-state index contributed by atoms with van der Waals surface area (Å²) in [5, 5.41) is 11.2. The van der Waals surface area contributed by atoms with Crippen molar-refractivity contribution in [1.82, 2.24) is 5.32 Å². The molecule has 116 valence electrons. The van der Waals surface area contributed by atoms with E-state index in [4.69, 9.17) is 5.11 Å². The molecule has 1 aromatic carbocycles. The van der Waals surface area contributed by atoms with Crippen molar-refractivity contribution in [3.8, 4) is 0 Å². The number of carbonyl (C=O) groups is 2. The Kier molecular flexibility index (Phi) is 5.48. The van der Waals surface area contributed by atoms with E-state index in [0.29, 0.717) is 12.0 Å². The largest absolute Gasteiger partial charge is 0.481 e. The fourth-order valence-corrected chi connectivity index (χ4v) is 2.85. The number of carbonyl (C=O) groups excluding carboxylic acids is 1.